The van der Waals surface area contributed by atoms with Gasteiger partial charge in [-0.15, -0.1) is 0 Å². The van der Waals surface area contributed by atoms with E-state index in [0.717, 1.165) is 6.42 Å². The maximum Gasteiger partial charge on any atom is 0.210 e. The average Bonchev–Trinajstić information content (AvgIpc) is 2.28. The fraction of sp³-hybridized carbons (Fsp3) is 0.300. The summed E-state index contributed by atoms with van der Waals surface area (Å²) < 4.78 is 14.1. The largest absolute Gasteiger partial charge is 0.322 e. The van der Waals surface area contributed by atoms with Crippen molar-refractivity contribution < 1.29 is 4.39 Å². The third kappa shape index (κ3) is 3.46. The molecule has 0 aliphatic rings. The third-order valence-electron chi connectivity index (χ3n) is 1.84. The van der Waals surface area contributed by atoms with Gasteiger partial charge < -0.3 is 5.32 Å². The zero-order valence-corrected chi connectivity index (χ0v) is 10.5. The van der Waals surface area contributed by atoms with Crippen molar-refractivity contribution >= 4 is 27.6 Å². The van der Waals surface area contributed by atoms with Crippen LogP contribution in [0.5, 0.6) is 0 Å². The lowest BCUT2D eigenvalue weighted by Gasteiger charge is -2.11. The normalized spacial score (nSPS) is 11.4. The molecule has 1 aromatic rings. The molecule has 0 saturated carbocycles. The first-order chi connectivity index (χ1) is 7.69. The van der Waals surface area contributed by atoms with Crippen LogP contribution >= 0.6 is 15.9 Å². The molecule has 16 heavy (non-hydrogen) atoms. The van der Waals surface area contributed by atoms with Gasteiger partial charge in [-0.3, -0.25) is 10.4 Å². The summed E-state index contributed by atoms with van der Waals surface area (Å²) in [7, 11) is 0. The van der Waals surface area contributed by atoms with Crippen LogP contribution < -0.4 is 16.6 Å². The molecule has 0 atom stereocenters. The zero-order chi connectivity index (χ0) is 12.0. The van der Waals surface area contributed by atoms with E-state index in [1.54, 1.807) is 12.1 Å². The van der Waals surface area contributed by atoms with E-state index in [1.807, 2.05) is 6.92 Å². The lowest BCUT2D eigenvalue weighted by atomic mass is 10.3. The first kappa shape index (κ1) is 12.9. The number of hydrogen-bond acceptors (Lipinski definition) is 2. The number of rotatable bonds is 3. The van der Waals surface area contributed by atoms with Crippen LogP contribution in [0.3, 0.4) is 0 Å². The number of hydrazine groups is 1. The van der Waals surface area contributed by atoms with Crippen molar-refractivity contribution in [2.45, 2.75) is 13.3 Å². The molecule has 0 amide bonds. The van der Waals surface area contributed by atoms with E-state index in [9.17, 15) is 4.39 Å². The molecule has 0 heterocycles. The van der Waals surface area contributed by atoms with Crippen LogP contribution in [-0.4, -0.2) is 12.5 Å². The minimum atomic E-state index is -0.367. The third-order valence-corrected chi connectivity index (χ3v) is 2.50. The van der Waals surface area contributed by atoms with Crippen LogP contribution in [0.2, 0.25) is 0 Å². The predicted octanol–water partition coefficient (Wildman–Crippen LogP) is 2.23. The Hall–Kier alpha value is -1.14. The van der Waals surface area contributed by atoms with Crippen molar-refractivity contribution in [2.24, 2.45) is 10.8 Å². The van der Waals surface area contributed by atoms with Gasteiger partial charge in [0.2, 0.25) is 5.96 Å². The molecular formula is C10H14BrFN4. The topological polar surface area (TPSA) is 62.4 Å². The van der Waals surface area contributed by atoms with E-state index < -0.39 is 0 Å². The lowest BCUT2D eigenvalue weighted by Crippen LogP contribution is -2.36. The van der Waals surface area contributed by atoms with Crippen molar-refractivity contribution in [1.29, 1.82) is 0 Å². The summed E-state index contributed by atoms with van der Waals surface area (Å²) in [6.45, 7) is 2.62. The lowest BCUT2D eigenvalue weighted by molar-refractivity contribution is 0.631. The number of guanidine groups is 1. The Balaban J connectivity index is 2.85. The highest BCUT2D eigenvalue weighted by Crippen LogP contribution is 2.24. The van der Waals surface area contributed by atoms with Gasteiger partial charge in [0.05, 0.1) is 5.69 Å². The first-order valence-electron chi connectivity index (χ1n) is 4.91. The SMILES string of the molecule is CCCN=C(NN)Nc1c(F)cccc1Br. The van der Waals surface area contributed by atoms with Gasteiger partial charge in [0.1, 0.15) is 5.82 Å². The Morgan fingerprint density at radius 1 is 1.56 bits per heavy atom. The van der Waals surface area contributed by atoms with Gasteiger partial charge in [-0.25, -0.2) is 10.2 Å². The Bertz CT molecular complexity index is 361. The molecule has 6 heteroatoms. The summed E-state index contributed by atoms with van der Waals surface area (Å²) in [5.41, 5.74) is 2.71. The molecule has 0 unspecified atom stereocenters. The molecule has 0 bridgehead atoms. The molecule has 0 fully saturated rings. The number of nitrogens with two attached hydrogens (primary N) is 1. The minimum Gasteiger partial charge on any atom is -0.322 e. The second-order valence-corrected chi connectivity index (χ2v) is 3.95. The van der Waals surface area contributed by atoms with Gasteiger partial charge in [0, 0.05) is 11.0 Å². The van der Waals surface area contributed by atoms with Crippen molar-refractivity contribution in [2.75, 3.05) is 11.9 Å². The Morgan fingerprint density at radius 3 is 2.88 bits per heavy atom. The molecular weight excluding hydrogens is 275 g/mol. The summed E-state index contributed by atoms with van der Waals surface area (Å²) in [4.78, 5) is 4.12. The second kappa shape index (κ2) is 6.44. The molecule has 0 spiro atoms. The Morgan fingerprint density at radius 2 is 2.31 bits per heavy atom. The molecule has 1 aromatic carbocycles. The van der Waals surface area contributed by atoms with Gasteiger partial charge in [-0.05, 0) is 34.5 Å². The van der Waals surface area contributed by atoms with E-state index >= 15 is 0 Å². The number of aliphatic imine (C=N–C) groups is 1. The van der Waals surface area contributed by atoms with E-state index in [4.69, 9.17) is 5.84 Å². The number of halogens is 2. The van der Waals surface area contributed by atoms with Crippen LogP contribution in [0, 0.1) is 5.82 Å². The monoisotopic (exact) mass is 288 g/mol. The van der Waals surface area contributed by atoms with Crippen molar-refractivity contribution in [3.63, 3.8) is 0 Å². The second-order valence-electron chi connectivity index (χ2n) is 3.10. The number of nitrogens with zero attached hydrogens (tertiary/aromatic N) is 1. The smallest absolute Gasteiger partial charge is 0.210 e. The maximum absolute atomic E-state index is 13.5. The molecule has 0 aliphatic carbocycles. The molecule has 0 aliphatic heterocycles. The highest BCUT2D eigenvalue weighted by molar-refractivity contribution is 9.10. The summed E-state index contributed by atoms with van der Waals surface area (Å²) >= 11 is 3.25. The molecule has 4 nitrogen and oxygen atoms in total. The molecule has 1 rings (SSSR count). The highest BCUT2D eigenvalue weighted by Gasteiger charge is 2.07. The summed E-state index contributed by atoms with van der Waals surface area (Å²) in [5.74, 6) is 5.25. The standard InChI is InChI=1S/C10H14BrFN4/c1-2-6-14-10(16-13)15-9-7(11)4-3-5-8(9)12/h3-5H,2,6,13H2,1H3,(H2,14,15,16). The van der Waals surface area contributed by atoms with Gasteiger partial charge in [0.25, 0.3) is 0 Å². The molecule has 0 saturated heterocycles. The Labute approximate surface area is 102 Å². The van der Waals surface area contributed by atoms with Crippen LogP contribution in [0.25, 0.3) is 0 Å². The maximum atomic E-state index is 13.5. The van der Waals surface area contributed by atoms with Gasteiger partial charge in [-0.2, -0.15) is 0 Å². The number of anilines is 1. The van der Waals surface area contributed by atoms with E-state index in [2.05, 4.69) is 31.7 Å². The number of para-hydroxylation sites is 1. The predicted molar refractivity (Wildman–Crippen MR) is 67.6 cm³/mol. The van der Waals surface area contributed by atoms with Crippen molar-refractivity contribution in [1.82, 2.24) is 5.43 Å². The van der Waals surface area contributed by atoms with E-state index in [-0.39, 0.29) is 5.82 Å². The molecule has 0 radical (unpaired) electrons. The van der Waals surface area contributed by atoms with Gasteiger partial charge >= 0.3 is 0 Å². The quantitative estimate of drug-likeness (QED) is 0.346. The summed E-state index contributed by atoms with van der Waals surface area (Å²) in [6.07, 6.45) is 0.894. The minimum absolute atomic E-state index is 0.315. The average molecular weight is 289 g/mol. The van der Waals surface area contributed by atoms with E-state index in [1.165, 1.54) is 6.07 Å². The summed E-state index contributed by atoms with van der Waals surface area (Å²) in [5, 5.41) is 2.79. The highest BCUT2D eigenvalue weighted by atomic mass is 79.9. The zero-order valence-electron chi connectivity index (χ0n) is 8.93. The van der Waals surface area contributed by atoms with Crippen LogP contribution in [0.15, 0.2) is 27.7 Å². The molecule has 4 N–H and O–H groups in total. The van der Waals surface area contributed by atoms with Crippen molar-refractivity contribution in [3.8, 4) is 0 Å². The van der Waals surface area contributed by atoms with Crippen molar-refractivity contribution in [3.05, 3.63) is 28.5 Å². The first-order valence-corrected chi connectivity index (χ1v) is 5.70. The Kier molecular flexibility index (Phi) is 5.21. The van der Waals surface area contributed by atoms with Crippen LogP contribution in [0.4, 0.5) is 10.1 Å². The van der Waals surface area contributed by atoms with Gasteiger partial charge in [-0.1, -0.05) is 13.0 Å². The number of hydrogen-bond donors (Lipinski definition) is 3. The van der Waals surface area contributed by atoms with Crippen LogP contribution in [0.1, 0.15) is 13.3 Å². The summed E-state index contributed by atoms with van der Waals surface area (Å²) in [6, 6.07) is 4.71. The fourth-order valence-corrected chi connectivity index (χ4v) is 1.52. The fourth-order valence-electron chi connectivity index (χ4n) is 1.08. The van der Waals surface area contributed by atoms with Gasteiger partial charge in [0.15, 0.2) is 0 Å². The number of benzene rings is 1. The molecule has 0 aromatic heterocycles. The van der Waals surface area contributed by atoms with E-state index in [0.29, 0.717) is 22.7 Å². The number of nitrogens with one attached hydrogen (secondary N) is 2. The van der Waals surface area contributed by atoms with Crippen LogP contribution in [-0.2, 0) is 0 Å². The molecule has 88 valence electrons.